The number of ether oxygens (including phenoxy) is 1. The van der Waals surface area contributed by atoms with Crippen LogP contribution in [0.2, 0.25) is 0 Å². The number of nitrogens with zero attached hydrogens (tertiary/aromatic N) is 3. The zero-order valence-electron chi connectivity index (χ0n) is 14.1. The molecule has 0 atom stereocenters. The summed E-state index contributed by atoms with van der Waals surface area (Å²) >= 11 is 1.37. The van der Waals surface area contributed by atoms with Crippen molar-refractivity contribution in [2.75, 3.05) is 12.9 Å². The van der Waals surface area contributed by atoms with E-state index in [1.165, 1.54) is 11.8 Å². The average Bonchev–Trinajstić information content (AvgIpc) is 3.24. The van der Waals surface area contributed by atoms with Crippen LogP contribution >= 0.6 is 11.8 Å². The van der Waals surface area contributed by atoms with Gasteiger partial charge in [0.15, 0.2) is 5.16 Å². The molecule has 2 N–H and O–H groups in total. The lowest BCUT2D eigenvalue weighted by atomic mass is 10.2. The predicted molar refractivity (Wildman–Crippen MR) is 100 cm³/mol. The summed E-state index contributed by atoms with van der Waals surface area (Å²) in [5.74, 6) is 1.63. The van der Waals surface area contributed by atoms with Crippen molar-refractivity contribution in [2.24, 2.45) is 0 Å². The van der Waals surface area contributed by atoms with E-state index < -0.39 is 0 Å². The zero-order chi connectivity index (χ0) is 17.9. The van der Waals surface area contributed by atoms with Gasteiger partial charge in [-0.3, -0.25) is 9.20 Å². The first-order chi connectivity index (χ1) is 12.8. The molecule has 1 amide bonds. The number of hydrogen-bond acceptors (Lipinski definition) is 5. The fourth-order valence-electron chi connectivity index (χ4n) is 2.76. The maximum absolute atomic E-state index is 12.2. The lowest BCUT2D eigenvalue weighted by molar-refractivity contribution is -0.118. The van der Waals surface area contributed by atoms with E-state index in [2.05, 4.69) is 20.5 Å². The predicted octanol–water partition coefficient (Wildman–Crippen LogP) is 2.63. The lowest BCUT2D eigenvalue weighted by Crippen LogP contribution is -2.24. The monoisotopic (exact) mass is 367 g/mol. The van der Waals surface area contributed by atoms with Crippen molar-refractivity contribution in [3.05, 3.63) is 54.1 Å². The minimum absolute atomic E-state index is 0.0681. The molecule has 0 saturated carbocycles. The Labute approximate surface area is 153 Å². The largest absolute Gasteiger partial charge is 0.496 e. The Morgan fingerprint density at radius 2 is 2.04 bits per heavy atom. The highest BCUT2D eigenvalue weighted by atomic mass is 32.2. The summed E-state index contributed by atoms with van der Waals surface area (Å²) < 4.78 is 7.22. The Hall–Kier alpha value is -3.00. The number of carbonyl (C=O) groups is 1. The highest BCUT2D eigenvalue weighted by Crippen LogP contribution is 2.23. The Morgan fingerprint density at radius 1 is 1.23 bits per heavy atom. The van der Waals surface area contributed by atoms with E-state index in [1.807, 2.05) is 52.9 Å². The molecule has 0 aliphatic carbocycles. The Balaban J connectivity index is 1.42. The van der Waals surface area contributed by atoms with Crippen molar-refractivity contribution >= 4 is 34.5 Å². The summed E-state index contributed by atoms with van der Waals surface area (Å²) in [6, 6.07) is 15.5. The van der Waals surface area contributed by atoms with Crippen molar-refractivity contribution in [3.63, 3.8) is 0 Å². The van der Waals surface area contributed by atoms with Gasteiger partial charge in [-0.25, -0.2) is 10.1 Å². The summed E-state index contributed by atoms with van der Waals surface area (Å²) in [7, 11) is 1.62. The second kappa shape index (κ2) is 7.09. The molecule has 2 aromatic heterocycles. The smallest absolute Gasteiger partial charge is 0.231 e. The fourth-order valence-corrected chi connectivity index (χ4v) is 3.55. The Kier molecular flexibility index (Phi) is 4.49. The van der Waals surface area contributed by atoms with Crippen molar-refractivity contribution in [3.8, 4) is 5.75 Å². The normalized spacial score (nSPS) is 11.1. The summed E-state index contributed by atoms with van der Waals surface area (Å²) in [5, 5.41) is 10.8. The minimum Gasteiger partial charge on any atom is -0.496 e. The summed E-state index contributed by atoms with van der Waals surface area (Å²) in [6.07, 6.45) is 0. The summed E-state index contributed by atoms with van der Waals surface area (Å²) in [6.45, 7) is 0.424. The molecule has 0 spiro atoms. The number of H-pyrrole nitrogens is 1. The number of aromatic nitrogens is 4. The number of benzene rings is 2. The molecular formula is C18H17N5O2S. The van der Waals surface area contributed by atoms with Crippen LogP contribution in [0, 0.1) is 0 Å². The van der Waals surface area contributed by atoms with E-state index in [0.717, 1.165) is 22.3 Å². The van der Waals surface area contributed by atoms with E-state index in [4.69, 9.17) is 4.74 Å². The molecular weight excluding hydrogens is 350 g/mol. The number of nitrogens with one attached hydrogen (secondary N) is 2. The number of imidazole rings is 1. The van der Waals surface area contributed by atoms with Gasteiger partial charge in [0.25, 0.3) is 0 Å². The Morgan fingerprint density at radius 3 is 2.92 bits per heavy atom. The summed E-state index contributed by atoms with van der Waals surface area (Å²) in [4.78, 5) is 16.7. The molecule has 7 nitrogen and oxygen atoms in total. The molecule has 4 rings (SSSR count). The van der Waals surface area contributed by atoms with Crippen LogP contribution in [0.1, 0.15) is 5.56 Å². The molecule has 0 unspecified atom stereocenters. The molecule has 8 heteroatoms. The average molecular weight is 367 g/mol. The maximum atomic E-state index is 12.2. The minimum atomic E-state index is -0.0681. The number of carbonyl (C=O) groups excluding carboxylic acids is 1. The first kappa shape index (κ1) is 16.5. The zero-order valence-corrected chi connectivity index (χ0v) is 14.9. The topological polar surface area (TPSA) is 84.3 Å². The molecule has 26 heavy (non-hydrogen) atoms. The molecule has 0 saturated heterocycles. The molecule has 0 radical (unpaired) electrons. The van der Waals surface area contributed by atoms with E-state index in [-0.39, 0.29) is 11.7 Å². The van der Waals surface area contributed by atoms with Crippen molar-refractivity contribution in [1.82, 2.24) is 24.9 Å². The number of hydrogen-bond donors (Lipinski definition) is 2. The first-order valence-electron chi connectivity index (χ1n) is 8.09. The first-order valence-corrected chi connectivity index (χ1v) is 9.08. The number of amides is 1. The van der Waals surface area contributed by atoms with Gasteiger partial charge in [-0.15, -0.1) is 5.10 Å². The highest BCUT2D eigenvalue weighted by Gasteiger charge is 2.13. The molecule has 0 fully saturated rings. The number of methoxy groups -OCH3 is 1. The summed E-state index contributed by atoms with van der Waals surface area (Å²) in [5.41, 5.74) is 2.80. The molecule has 132 valence electrons. The third-order valence-corrected chi connectivity index (χ3v) is 4.94. The van der Waals surface area contributed by atoms with Gasteiger partial charge < -0.3 is 10.1 Å². The van der Waals surface area contributed by atoms with Crippen LogP contribution in [-0.2, 0) is 11.3 Å². The molecule has 0 aliphatic heterocycles. The highest BCUT2D eigenvalue weighted by molar-refractivity contribution is 7.99. The van der Waals surface area contributed by atoms with Crippen LogP contribution in [0.3, 0.4) is 0 Å². The third-order valence-electron chi connectivity index (χ3n) is 4.00. The molecule has 0 bridgehead atoms. The third kappa shape index (κ3) is 3.11. The van der Waals surface area contributed by atoms with Gasteiger partial charge in [-0.05, 0) is 18.2 Å². The number of thioether (sulfide) groups is 1. The van der Waals surface area contributed by atoms with Crippen LogP contribution in [0.15, 0.2) is 53.7 Å². The number of rotatable bonds is 6. The van der Waals surface area contributed by atoms with E-state index in [9.17, 15) is 4.79 Å². The number of para-hydroxylation sites is 3. The second-order valence-electron chi connectivity index (χ2n) is 5.64. The van der Waals surface area contributed by atoms with E-state index in [1.54, 1.807) is 7.11 Å². The van der Waals surface area contributed by atoms with Gasteiger partial charge in [0, 0.05) is 12.1 Å². The number of fused-ring (bicyclic) bond motifs is 3. The van der Waals surface area contributed by atoms with E-state index in [0.29, 0.717) is 17.5 Å². The van der Waals surface area contributed by atoms with Crippen LogP contribution in [0.5, 0.6) is 5.75 Å². The molecule has 0 aliphatic rings. The maximum Gasteiger partial charge on any atom is 0.231 e. The van der Waals surface area contributed by atoms with Crippen molar-refractivity contribution in [2.45, 2.75) is 11.7 Å². The second-order valence-corrected chi connectivity index (χ2v) is 6.59. The van der Waals surface area contributed by atoms with Crippen LogP contribution in [0.25, 0.3) is 16.8 Å². The number of aromatic amines is 1. The van der Waals surface area contributed by atoms with Gasteiger partial charge in [0.05, 0.1) is 23.9 Å². The lowest BCUT2D eigenvalue weighted by Gasteiger charge is -2.09. The van der Waals surface area contributed by atoms with Crippen molar-refractivity contribution in [1.29, 1.82) is 0 Å². The van der Waals surface area contributed by atoms with Gasteiger partial charge in [-0.2, -0.15) is 0 Å². The molecule has 2 heterocycles. The van der Waals surface area contributed by atoms with Gasteiger partial charge >= 0.3 is 0 Å². The van der Waals surface area contributed by atoms with Gasteiger partial charge in [0.1, 0.15) is 5.75 Å². The van der Waals surface area contributed by atoms with Crippen LogP contribution in [-0.4, -0.2) is 38.4 Å². The van der Waals surface area contributed by atoms with Gasteiger partial charge in [-0.1, -0.05) is 42.1 Å². The van der Waals surface area contributed by atoms with Crippen molar-refractivity contribution < 1.29 is 9.53 Å². The van der Waals surface area contributed by atoms with Crippen LogP contribution in [0.4, 0.5) is 0 Å². The quantitative estimate of drug-likeness (QED) is 0.512. The molecule has 4 aromatic rings. The standard InChI is InChI=1S/C18H17N5O2S/c1-25-15-9-5-2-6-12(15)10-19-16(24)11-26-18-22-21-17-20-13-7-3-4-8-14(13)23(17)18/h2-9H,10-11H2,1H3,(H,19,24)(H,20,21). The Bertz CT molecular complexity index is 1070. The fraction of sp³-hybridized carbons (Fsp3) is 0.167. The molecule has 2 aromatic carbocycles. The van der Waals surface area contributed by atoms with Crippen LogP contribution < -0.4 is 10.1 Å². The van der Waals surface area contributed by atoms with Gasteiger partial charge in [0.2, 0.25) is 11.7 Å². The van der Waals surface area contributed by atoms with E-state index >= 15 is 0 Å². The SMILES string of the molecule is COc1ccccc1CNC(=O)CSc1n[nH]c2nc3ccccc3n12.